The number of halogens is 2. The number of nitrogens with zero attached hydrogens (tertiary/aromatic N) is 5. The lowest BCUT2D eigenvalue weighted by Crippen LogP contribution is -2.41. The third kappa shape index (κ3) is 3.46. The molecule has 1 fully saturated rings. The van der Waals surface area contributed by atoms with Crippen LogP contribution in [0.15, 0.2) is 42.7 Å². The predicted molar refractivity (Wildman–Crippen MR) is 99.2 cm³/mol. The van der Waals surface area contributed by atoms with Gasteiger partial charge in [0.15, 0.2) is 0 Å². The first-order valence-corrected chi connectivity index (χ1v) is 9.37. The van der Waals surface area contributed by atoms with Crippen molar-refractivity contribution < 1.29 is 13.6 Å². The number of piperidine rings is 1. The summed E-state index contributed by atoms with van der Waals surface area (Å²) in [4.78, 5) is 23.2. The van der Waals surface area contributed by atoms with E-state index in [0.717, 1.165) is 22.9 Å². The van der Waals surface area contributed by atoms with Crippen molar-refractivity contribution in [3.8, 4) is 0 Å². The van der Waals surface area contributed by atoms with Gasteiger partial charge in [0.1, 0.15) is 12.0 Å². The van der Waals surface area contributed by atoms with E-state index < -0.39 is 6.43 Å². The predicted octanol–water partition coefficient (Wildman–Crippen LogP) is 3.57. The Morgan fingerprint density at radius 3 is 2.79 bits per heavy atom. The van der Waals surface area contributed by atoms with Crippen molar-refractivity contribution in [2.45, 2.75) is 38.0 Å². The number of benzene rings is 1. The summed E-state index contributed by atoms with van der Waals surface area (Å²) in [5.74, 6) is -0.133. The maximum Gasteiger partial charge on any atom is 0.280 e. The Bertz CT molecular complexity index is 975. The van der Waals surface area contributed by atoms with E-state index in [0.29, 0.717) is 18.8 Å². The zero-order valence-corrected chi connectivity index (χ0v) is 15.5. The molecular formula is C20H21F2N5O. The molecule has 2 aromatic heterocycles. The minimum absolute atomic E-state index is 0.0496. The summed E-state index contributed by atoms with van der Waals surface area (Å²) in [6.45, 7) is 3.04. The van der Waals surface area contributed by atoms with Gasteiger partial charge in [-0.05, 0) is 31.4 Å². The highest BCUT2D eigenvalue weighted by molar-refractivity contribution is 5.83. The fraction of sp³-hybridized carbons (Fsp3) is 0.400. The van der Waals surface area contributed by atoms with Crippen molar-refractivity contribution in [1.82, 2.24) is 24.5 Å². The van der Waals surface area contributed by atoms with Gasteiger partial charge in [-0.25, -0.2) is 13.8 Å². The summed E-state index contributed by atoms with van der Waals surface area (Å²) in [5, 5.41) is 3.82. The molecule has 4 rings (SSSR count). The van der Waals surface area contributed by atoms with Crippen LogP contribution in [0.2, 0.25) is 0 Å². The number of hydrogen-bond acceptors (Lipinski definition) is 4. The molecule has 146 valence electrons. The largest absolute Gasteiger partial charge is 0.342 e. The van der Waals surface area contributed by atoms with E-state index in [-0.39, 0.29) is 29.2 Å². The third-order valence-corrected chi connectivity index (χ3v) is 5.34. The quantitative estimate of drug-likeness (QED) is 0.689. The van der Waals surface area contributed by atoms with Crippen LogP contribution in [0.3, 0.4) is 0 Å². The van der Waals surface area contributed by atoms with Crippen LogP contribution in [0, 0.1) is 0 Å². The van der Waals surface area contributed by atoms with Gasteiger partial charge < -0.3 is 4.90 Å². The average Bonchev–Trinajstić information content (AvgIpc) is 3.21. The second-order valence-corrected chi connectivity index (χ2v) is 7.13. The van der Waals surface area contributed by atoms with E-state index in [4.69, 9.17) is 0 Å². The average molecular weight is 385 g/mol. The van der Waals surface area contributed by atoms with Gasteiger partial charge in [0.2, 0.25) is 5.91 Å². The Balaban J connectivity index is 1.57. The van der Waals surface area contributed by atoms with Crippen LogP contribution in [-0.4, -0.2) is 43.5 Å². The topological polar surface area (TPSA) is 63.4 Å². The summed E-state index contributed by atoms with van der Waals surface area (Å²) in [6, 6.07) is 11.0. The van der Waals surface area contributed by atoms with Gasteiger partial charge in [0.25, 0.3) is 12.2 Å². The molecule has 1 saturated heterocycles. The third-order valence-electron chi connectivity index (χ3n) is 5.34. The van der Waals surface area contributed by atoms with Gasteiger partial charge in [0.05, 0.1) is 11.6 Å². The summed E-state index contributed by atoms with van der Waals surface area (Å²) >= 11 is 0. The fourth-order valence-corrected chi connectivity index (χ4v) is 3.80. The van der Waals surface area contributed by atoms with Crippen molar-refractivity contribution in [3.05, 3.63) is 59.7 Å². The molecule has 1 aliphatic heterocycles. The number of fused-ring (bicyclic) bond motifs is 1. The highest BCUT2D eigenvalue weighted by Gasteiger charge is 2.30. The molecule has 0 bridgehead atoms. The van der Waals surface area contributed by atoms with Crippen molar-refractivity contribution in [1.29, 1.82) is 0 Å². The zero-order chi connectivity index (χ0) is 19.7. The molecule has 8 heteroatoms. The van der Waals surface area contributed by atoms with Crippen molar-refractivity contribution in [2.24, 2.45) is 0 Å². The second-order valence-electron chi connectivity index (χ2n) is 7.13. The normalized spacial score (nSPS) is 18.6. The fourth-order valence-electron chi connectivity index (χ4n) is 3.80. The molecule has 2 atom stereocenters. The molecule has 6 nitrogen and oxygen atoms in total. The van der Waals surface area contributed by atoms with E-state index >= 15 is 0 Å². The maximum atomic E-state index is 13.4. The molecule has 0 saturated carbocycles. The lowest BCUT2D eigenvalue weighted by atomic mass is 9.92. The van der Waals surface area contributed by atoms with Gasteiger partial charge in [-0.1, -0.05) is 30.3 Å². The standard InChI is InChI=1S/C20H21F2N5O/c1-13(14-6-3-2-4-7-14)19(28)26-9-5-8-15(11-26)16-10-17(18(21)22)27-20(25-16)23-12-24-27/h2-4,6-7,10,12-13,15,18H,5,8-9,11H2,1H3/t13-,15-/m1/s1. The molecule has 0 N–H and O–H groups in total. The molecule has 1 amide bonds. The number of carbonyl (C=O) groups excluding carboxylic acids is 1. The van der Waals surface area contributed by atoms with Crippen molar-refractivity contribution >= 4 is 11.7 Å². The minimum atomic E-state index is -2.68. The van der Waals surface area contributed by atoms with Gasteiger partial charge in [-0.15, -0.1) is 0 Å². The Morgan fingerprint density at radius 2 is 2.04 bits per heavy atom. The highest BCUT2D eigenvalue weighted by atomic mass is 19.3. The summed E-state index contributed by atoms with van der Waals surface area (Å²) in [5.41, 5.74) is 1.29. The molecule has 28 heavy (non-hydrogen) atoms. The van der Waals surface area contributed by atoms with E-state index in [1.807, 2.05) is 42.2 Å². The van der Waals surface area contributed by atoms with E-state index in [9.17, 15) is 13.6 Å². The molecule has 0 radical (unpaired) electrons. The molecule has 0 aliphatic carbocycles. The van der Waals surface area contributed by atoms with E-state index in [2.05, 4.69) is 15.1 Å². The number of carbonyl (C=O) groups is 1. The smallest absolute Gasteiger partial charge is 0.280 e. The van der Waals surface area contributed by atoms with Crippen LogP contribution in [0.5, 0.6) is 0 Å². The second kappa shape index (κ2) is 7.61. The molecule has 3 aromatic rings. The van der Waals surface area contributed by atoms with Crippen LogP contribution in [-0.2, 0) is 4.79 Å². The number of rotatable bonds is 4. The van der Waals surface area contributed by atoms with Crippen molar-refractivity contribution in [2.75, 3.05) is 13.1 Å². The Hall–Kier alpha value is -2.90. The van der Waals surface area contributed by atoms with Crippen LogP contribution in [0.4, 0.5) is 8.78 Å². The van der Waals surface area contributed by atoms with Gasteiger partial charge in [-0.2, -0.15) is 14.6 Å². The number of likely N-dealkylation sites (tertiary alicyclic amines) is 1. The monoisotopic (exact) mass is 385 g/mol. The first-order valence-electron chi connectivity index (χ1n) is 9.37. The lowest BCUT2D eigenvalue weighted by molar-refractivity contribution is -0.133. The first kappa shape index (κ1) is 18.5. The highest BCUT2D eigenvalue weighted by Crippen LogP contribution is 2.30. The number of aromatic nitrogens is 4. The molecule has 1 aromatic carbocycles. The minimum Gasteiger partial charge on any atom is -0.342 e. The first-order chi connectivity index (χ1) is 13.5. The SMILES string of the molecule is C[C@@H](C(=O)N1CCC[C@@H](c2cc(C(F)F)n3ncnc3n2)C1)c1ccccc1. The van der Waals surface area contributed by atoms with Gasteiger partial charge >= 0.3 is 0 Å². The van der Waals surface area contributed by atoms with Crippen LogP contribution in [0.25, 0.3) is 5.78 Å². The van der Waals surface area contributed by atoms with E-state index in [1.165, 1.54) is 12.4 Å². The summed E-state index contributed by atoms with van der Waals surface area (Å²) in [7, 11) is 0. The molecule has 0 unspecified atom stereocenters. The lowest BCUT2D eigenvalue weighted by Gasteiger charge is -2.34. The zero-order valence-electron chi connectivity index (χ0n) is 15.5. The Labute approximate surface area is 161 Å². The number of hydrogen-bond donors (Lipinski definition) is 0. The maximum absolute atomic E-state index is 13.4. The Morgan fingerprint density at radius 1 is 1.25 bits per heavy atom. The number of alkyl halides is 2. The number of amides is 1. The molecule has 3 heterocycles. The summed E-state index contributed by atoms with van der Waals surface area (Å²) in [6.07, 6.45) is 0.145. The van der Waals surface area contributed by atoms with Crippen molar-refractivity contribution in [3.63, 3.8) is 0 Å². The summed E-state index contributed by atoms with van der Waals surface area (Å²) < 4.78 is 27.9. The molecule has 1 aliphatic rings. The van der Waals surface area contributed by atoms with E-state index in [1.54, 1.807) is 0 Å². The molecule has 0 spiro atoms. The van der Waals surface area contributed by atoms with Gasteiger partial charge in [-0.3, -0.25) is 4.79 Å². The van der Waals surface area contributed by atoms with Crippen LogP contribution >= 0.6 is 0 Å². The van der Waals surface area contributed by atoms with Crippen LogP contribution < -0.4 is 0 Å². The van der Waals surface area contributed by atoms with Crippen LogP contribution in [0.1, 0.15) is 55.0 Å². The van der Waals surface area contributed by atoms with Gasteiger partial charge in [0, 0.05) is 19.0 Å². The molecular weight excluding hydrogens is 364 g/mol. The Kier molecular flexibility index (Phi) is 5.02.